The fourth-order valence-electron chi connectivity index (χ4n) is 2.80. The molecule has 21 heavy (non-hydrogen) atoms. The van der Waals surface area contributed by atoms with Crippen molar-refractivity contribution in [1.82, 2.24) is 15.1 Å². The highest BCUT2D eigenvalue weighted by Crippen LogP contribution is 2.18. The van der Waals surface area contributed by atoms with Gasteiger partial charge in [0.25, 0.3) is 0 Å². The van der Waals surface area contributed by atoms with Gasteiger partial charge in [0.05, 0.1) is 18.6 Å². The second-order valence-electron chi connectivity index (χ2n) is 6.12. The van der Waals surface area contributed by atoms with Gasteiger partial charge in [-0.15, -0.1) is 0 Å². The minimum atomic E-state index is -0.777. The number of ether oxygens (including phenoxy) is 1. The lowest BCUT2D eigenvalue weighted by atomic mass is 9.95. The van der Waals surface area contributed by atoms with E-state index >= 15 is 0 Å². The van der Waals surface area contributed by atoms with E-state index in [9.17, 15) is 9.59 Å². The number of carboxylic acids is 1. The molecule has 2 amide bonds. The molecular formula is C14H25N3O4. The van der Waals surface area contributed by atoms with Gasteiger partial charge in [-0.1, -0.05) is 0 Å². The molecule has 0 spiro atoms. The zero-order chi connectivity index (χ0) is 15.3. The third-order valence-electron chi connectivity index (χ3n) is 4.15. The summed E-state index contributed by atoms with van der Waals surface area (Å²) in [6.07, 6.45) is 2.07. The number of carbonyl (C=O) groups is 2. The number of nitrogens with zero attached hydrogens (tertiary/aromatic N) is 2. The molecule has 2 fully saturated rings. The van der Waals surface area contributed by atoms with Gasteiger partial charge in [-0.05, 0) is 19.8 Å². The summed E-state index contributed by atoms with van der Waals surface area (Å²) >= 11 is 0. The molecule has 0 bridgehead atoms. The largest absolute Gasteiger partial charge is 0.481 e. The molecule has 2 N–H and O–H groups in total. The van der Waals surface area contributed by atoms with E-state index in [-0.39, 0.29) is 18.0 Å². The number of amides is 2. The summed E-state index contributed by atoms with van der Waals surface area (Å²) in [5.41, 5.74) is -0.268. The zero-order valence-corrected chi connectivity index (χ0v) is 12.6. The predicted octanol–water partition coefficient (Wildman–Crippen LogP) is 0.357. The van der Waals surface area contributed by atoms with Gasteiger partial charge in [0.1, 0.15) is 0 Å². The van der Waals surface area contributed by atoms with Crippen LogP contribution in [0.4, 0.5) is 4.79 Å². The van der Waals surface area contributed by atoms with Gasteiger partial charge in [-0.2, -0.15) is 0 Å². The Morgan fingerprint density at radius 3 is 2.57 bits per heavy atom. The van der Waals surface area contributed by atoms with Gasteiger partial charge in [-0.3, -0.25) is 9.69 Å². The Kier molecular flexibility index (Phi) is 5.41. The SMILES string of the molecule is CC1(NC(=O)N2CCN(CCC(=O)O)CC2)CCCOC1. The fraction of sp³-hybridized carbons (Fsp3) is 0.857. The van der Waals surface area contributed by atoms with Crippen molar-refractivity contribution in [3.05, 3.63) is 0 Å². The van der Waals surface area contributed by atoms with Crippen molar-refractivity contribution in [2.45, 2.75) is 31.7 Å². The van der Waals surface area contributed by atoms with Crippen LogP contribution in [0.15, 0.2) is 0 Å². The molecule has 0 saturated carbocycles. The molecule has 7 nitrogen and oxygen atoms in total. The third-order valence-corrected chi connectivity index (χ3v) is 4.15. The number of carboxylic acid groups (broad SMARTS) is 1. The summed E-state index contributed by atoms with van der Waals surface area (Å²) in [7, 11) is 0. The smallest absolute Gasteiger partial charge is 0.317 e. The highest BCUT2D eigenvalue weighted by atomic mass is 16.5. The Labute approximate surface area is 125 Å². The van der Waals surface area contributed by atoms with Gasteiger partial charge in [0.15, 0.2) is 0 Å². The minimum absolute atomic E-state index is 0.0408. The average Bonchev–Trinajstić information content (AvgIpc) is 2.46. The van der Waals surface area contributed by atoms with Crippen LogP contribution < -0.4 is 5.32 Å². The number of carbonyl (C=O) groups excluding carboxylic acids is 1. The zero-order valence-electron chi connectivity index (χ0n) is 12.6. The number of hydrogen-bond acceptors (Lipinski definition) is 4. The first-order valence-electron chi connectivity index (χ1n) is 7.57. The van der Waals surface area contributed by atoms with Gasteiger partial charge in [0.2, 0.25) is 0 Å². The van der Waals surface area contributed by atoms with E-state index in [0.717, 1.165) is 32.5 Å². The number of nitrogens with one attached hydrogen (secondary N) is 1. The topological polar surface area (TPSA) is 82.1 Å². The van der Waals surface area contributed by atoms with Crippen molar-refractivity contribution in [1.29, 1.82) is 0 Å². The third kappa shape index (κ3) is 4.86. The molecular weight excluding hydrogens is 274 g/mol. The van der Waals surface area contributed by atoms with Crippen LogP contribution in [-0.4, -0.2) is 78.4 Å². The maximum absolute atomic E-state index is 12.3. The Morgan fingerprint density at radius 1 is 1.29 bits per heavy atom. The molecule has 2 heterocycles. The summed E-state index contributed by atoms with van der Waals surface area (Å²) in [6, 6.07) is -0.0408. The Bertz CT molecular complexity index is 374. The van der Waals surface area contributed by atoms with Crippen LogP contribution in [0.5, 0.6) is 0 Å². The average molecular weight is 299 g/mol. The maximum Gasteiger partial charge on any atom is 0.317 e. The Hall–Kier alpha value is -1.34. The van der Waals surface area contributed by atoms with Crippen LogP contribution in [0.3, 0.4) is 0 Å². The second-order valence-corrected chi connectivity index (χ2v) is 6.12. The van der Waals surface area contributed by atoms with Crippen LogP contribution in [0.25, 0.3) is 0 Å². The molecule has 1 unspecified atom stereocenters. The second kappa shape index (κ2) is 7.09. The quantitative estimate of drug-likeness (QED) is 0.783. The highest BCUT2D eigenvalue weighted by molar-refractivity contribution is 5.75. The molecule has 2 aliphatic rings. The number of hydrogen-bond donors (Lipinski definition) is 2. The van der Waals surface area contributed by atoms with E-state index in [0.29, 0.717) is 26.2 Å². The minimum Gasteiger partial charge on any atom is -0.481 e. The van der Waals surface area contributed by atoms with E-state index < -0.39 is 5.97 Å². The van der Waals surface area contributed by atoms with E-state index in [1.807, 2.05) is 6.92 Å². The van der Waals surface area contributed by atoms with Crippen LogP contribution in [0.1, 0.15) is 26.2 Å². The monoisotopic (exact) mass is 299 g/mol. The number of piperazine rings is 1. The molecule has 120 valence electrons. The normalized spacial score (nSPS) is 27.4. The Morgan fingerprint density at radius 2 is 2.00 bits per heavy atom. The van der Waals surface area contributed by atoms with Gasteiger partial charge < -0.3 is 20.1 Å². The number of aliphatic carboxylic acids is 1. The summed E-state index contributed by atoms with van der Waals surface area (Å²) in [5.74, 6) is -0.777. The van der Waals surface area contributed by atoms with E-state index in [4.69, 9.17) is 9.84 Å². The van der Waals surface area contributed by atoms with Crippen LogP contribution in [-0.2, 0) is 9.53 Å². The van der Waals surface area contributed by atoms with Crippen molar-refractivity contribution in [2.24, 2.45) is 0 Å². The first kappa shape index (κ1) is 16.0. The molecule has 2 saturated heterocycles. The van der Waals surface area contributed by atoms with Crippen molar-refractivity contribution >= 4 is 12.0 Å². The molecule has 0 aromatic carbocycles. The molecule has 0 aromatic heterocycles. The van der Waals surface area contributed by atoms with Crippen molar-refractivity contribution < 1.29 is 19.4 Å². The maximum atomic E-state index is 12.3. The van der Waals surface area contributed by atoms with E-state index in [2.05, 4.69) is 10.2 Å². The lowest BCUT2D eigenvalue weighted by molar-refractivity contribution is -0.137. The number of urea groups is 1. The first-order valence-corrected chi connectivity index (χ1v) is 7.57. The number of rotatable bonds is 4. The molecule has 2 rings (SSSR count). The van der Waals surface area contributed by atoms with Crippen LogP contribution in [0, 0.1) is 0 Å². The van der Waals surface area contributed by atoms with Crippen molar-refractivity contribution in [3.63, 3.8) is 0 Å². The predicted molar refractivity (Wildman–Crippen MR) is 77.3 cm³/mol. The summed E-state index contributed by atoms with van der Waals surface area (Å²) in [4.78, 5) is 26.7. The first-order chi connectivity index (χ1) is 9.98. The molecule has 0 aromatic rings. The molecule has 7 heteroatoms. The van der Waals surface area contributed by atoms with Crippen molar-refractivity contribution in [2.75, 3.05) is 45.9 Å². The molecule has 0 aliphatic carbocycles. The lowest BCUT2D eigenvalue weighted by Crippen LogP contribution is -2.58. The summed E-state index contributed by atoms with van der Waals surface area (Å²) in [6.45, 7) is 6.65. The van der Waals surface area contributed by atoms with Crippen LogP contribution >= 0.6 is 0 Å². The molecule has 1 atom stereocenters. The van der Waals surface area contributed by atoms with E-state index in [1.54, 1.807) is 4.90 Å². The summed E-state index contributed by atoms with van der Waals surface area (Å²) < 4.78 is 5.45. The standard InChI is InChI=1S/C14H25N3O4/c1-14(4-2-10-21-11-14)15-13(20)17-8-6-16(7-9-17)5-3-12(18)19/h2-11H2,1H3,(H,15,20)(H,18,19). The lowest BCUT2D eigenvalue weighted by Gasteiger charge is -2.39. The fourth-order valence-corrected chi connectivity index (χ4v) is 2.80. The van der Waals surface area contributed by atoms with Crippen LogP contribution in [0.2, 0.25) is 0 Å². The van der Waals surface area contributed by atoms with Gasteiger partial charge in [0, 0.05) is 39.3 Å². The molecule has 0 radical (unpaired) electrons. The summed E-state index contributed by atoms with van der Waals surface area (Å²) in [5, 5.41) is 11.8. The van der Waals surface area contributed by atoms with E-state index in [1.165, 1.54) is 0 Å². The van der Waals surface area contributed by atoms with Crippen molar-refractivity contribution in [3.8, 4) is 0 Å². The van der Waals surface area contributed by atoms with Gasteiger partial charge >= 0.3 is 12.0 Å². The van der Waals surface area contributed by atoms with Gasteiger partial charge in [-0.25, -0.2) is 4.79 Å². The highest BCUT2D eigenvalue weighted by Gasteiger charge is 2.31. The molecule has 2 aliphatic heterocycles. The Balaban J connectivity index is 1.73.